The highest BCUT2D eigenvalue weighted by atomic mass is 127. The van der Waals surface area contributed by atoms with E-state index in [0.29, 0.717) is 24.2 Å². The second-order valence-electron chi connectivity index (χ2n) is 2.33. The number of ether oxygens (including phenoxy) is 1. The number of hydrogen-bond acceptors (Lipinski definition) is 3. The lowest BCUT2D eigenvalue weighted by molar-refractivity contribution is -0.118. The highest BCUT2D eigenvalue weighted by Gasteiger charge is 1.96. The molecule has 0 bridgehead atoms. The van der Waals surface area contributed by atoms with Crippen LogP contribution in [-0.2, 0) is 9.53 Å². The van der Waals surface area contributed by atoms with Crippen molar-refractivity contribution in [1.29, 1.82) is 0 Å². The van der Waals surface area contributed by atoms with Gasteiger partial charge in [-0.15, -0.1) is 0 Å². The first kappa shape index (κ1) is 13.4. The molecular weight excluding hydrogens is 303 g/mol. The lowest BCUT2D eigenvalue weighted by Crippen LogP contribution is -2.29. The van der Waals surface area contributed by atoms with Gasteiger partial charge < -0.3 is 20.5 Å². The SMILES string of the molecule is O=C(O)NCCOCCNC(=O)CI. The van der Waals surface area contributed by atoms with Crippen LogP contribution in [0.5, 0.6) is 0 Å². The number of hydrogen-bond donors (Lipinski definition) is 3. The highest BCUT2D eigenvalue weighted by molar-refractivity contribution is 14.1. The molecule has 0 rings (SSSR count). The third-order valence-electron chi connectivity index (χ3n) is 1.21. The van der Waals surface area contributed by atoms with Crippen LogP contribution in [0.25, 0.3) is 0 Å². The molecule has 0 aromatic rings. The molecule has 0 aromatic heterocycles. The van der Waals surface area contributed by atoms with Gasteiger partial charge in [-0.05, 0) is 0 Å². The lowest BCUT2D eigenvalue weighted by Gasteiger charge is -2.04. The van der Waals surface area contributed by atoms with E-state index < -0.39 is 6.09 Å². The third kappa shape index (κ3) is 9.52. The number of alkyl halides is 1. The summed E-state index contributed by atoms with van der Waals surface area (Å²) in [5, 5.41) is 13.0. The van der Waals surface area contributed by atoms with Crippen molar-refractivity contribution in [2.75, 3.05) is 30.7 Å². The van der Waals surface area contributed by atoms with Crippen molar-refractivity contribution < 1.29 is 19.4 Å². The van der Waals surface area contributed by atoms with Crippen LogP contribution in [-0.4, -0.2) is 47.8 Å². The number of carbonyl (C=O) groups is 2. The van der Waals surface area contributed by atoms with E-state index in [1.807, 2.05) is 22.6 Å². The second kappa shape index (κ2) is 9.00. The maximum atomic E-state index is 10.7. The molecule has 0 aliphatic heterocycles. The van der Waals surface area contributed by atoms with Crippen LogP contribution in [0.2, 0.25) is 0 Å². The van der Waals surface area contributed by atoms with Crippen molar-refractivity contribution in [3.05, 3.63) is 0 Å². The average molecular weight is 316 g/mol. The Labute approximate surface area is 95.5 Å². The lowest BCUT2D eigenvalue weighted by atomic mass is 10.6. The van der Waals surface area contributed by atoms with E-state index >= 15 is 0 Å². The molecule has 0 heterocycles. The van der Waals surface area contributed by atoms with Gasteiger partial charge in [0, 0.05) is 13.1 Å². The fourth-order valence-corrected chi connectivity index (χ4v) is 0.912. The molecule has 14 heavy (non-hydrogen) atoms. The minimum Gasteiger partial charge on any atom is -0.465 e. The molecule has 0 aromatic carbocycles. The average Bonchev–Trinajstić information content (AvgIpc) is 2.15. The molecule has 3 N–H and O–H groups in total. The molecule has 2 amide bonds. The van der Waals surface area contributed by atoms with E-state index in [9.17, 15) is 9.59 Å². The molecule has 0 unspecified atom stereocenters. The molecule has 0 atom stereocenters. The maximum absolute atomic E-state index is 10.7. The summed E-state index contributed by atoms with van der Waals surface area (Å²) in [4.78, 5) is 20.7. The van der Waals surface area contributed by atoms with Crippen LogP contribution in [0.1, 0.15) is 0 Å². The summed E-state index contributed by atoms with van der Waals surface area (Å²) in [6, 6.07) is 0. The van der Waals surface area contributed by atoms with Crippen molar-refractivity contribution in [1.82, 2.24) is 10.6 Å². The second-order valence-corrected chi connectivity index (χ2v) is 3.09. The van der Waals surface area contributed by atoms with E-state index in [1.54, 1.807) is 0 Å². The normalized spacial score (nSPS) is 9.50. The van der Waals surface area contributed by atoms with Crippen LogP contribution in [0.4, 0.5) is 4.79 Å². The molecule has 0 aliphatic carbocycles. The Balaban J connectivity index is 3.06. The van der Waals surface area contributed by atoms with Gasteiger partial charge in [0.05, 0.1) is 17.6 Å². The molecule has 0 saturated heterocycles. The Kier molecular flexibility index (Phi) is 8.64. The summed E-state index contributed by atoms with van der Waals surface area (Å²) < 4.78 is 5.46. The molecular formula is C7H13IN2O4. The number of rotatable bonds is 7. The zero-order chi connectivity index (χ0) is 10.8. The number of nitrogens with one attached hydrogen (secondary N) is 2. The Morgan fingerprint density at radius 1 is 1.21 bits per heavy atom. The predicted molar refractivity (Wildman–Crippen MR) is 58.7 cm³/mol. The minimum atomic E-state index is -1.06. The molecule has 0 aliphatic rings. The van der Waals surface area contributed by atoms with Gasteiger partial charge >= 0.3 is 6.09 Å². The molecule has 0 radical (unpaired) electrons. The summed E-state index contributed by atoms with van der Waals surface area (Å²) in [5.74, 6) is -0.0298. The largest absolute Gasteiger partial charge is 0.465 e. The summed E-state index contributed by atoms with van der Waals surface area (Å²) in [6.45, 7) is 1.42. The highest BCUT2D eigenvalue weighted by Crippen LogP contribution is 1.79. The zero-order valence-corrected chi connectivity index (χ0v) is 9.74. The maximum Gasteiger partial charge on any atom is 0.404 e. The molecule has 82 valence electrons. The Hall–Kier alpha value is -0.570. The van der Waals surface area contributed by atoms with Crippen LogP contribution in [0.3, 0.4) is 0 Å². The fourth-order valence-electron chi connectivity index (χ4n) is 0.642. The van der Waals surface area contributed by atoms with Crippen molar-refractivity contribution >= 4 is 34.6 Å². The van der Waals surface area contributed by atoms with E-state index in [1.165, 1.54) is 0 Å². The van der Waals surface area contributed by atoms with Gasteiger partial charge in [-0.1, -0.05) is 22.6 Å². The van der Waals surface area contributed by atoms with Crippen molar-refractivity contribution in [2.24, 2.45) is 0 Å². The molecule has 6 nitrogen and oxygen atoms in total. The van der Waals surface area contributed by atoms with Crippen molar-refractivity contribution in [2.45, 2.75) is 0 Å². The van der Waals surface area contributed by atoms with Crippen LogP contribution >= 0.6 is 22.6 Å². The Bertz CT molecular complexity index is 189. The van der Waals surface area contributed by atoms with Crippen LogP contribution < -0.4 is 10.6 Å². The van der Waals surface area contributed by atoms with Crippen LogP contribution in [0.15, 0.2) is 0 Å². The fraction of sp³-hybridized carbons (Fsp3) is 0.714. The number of carbonyl (C=O) groups excluding carboxylic acids is 1. The Morgan fingerprint density at radius 3 is 2.29 bits per heavy atom. The van der Waals surface area contributed by atoms with E-state index in [0.717, 1.165) is 0 Å². The first-order valence-electron chi connectivity index (χ1n) is 4.04. The third-order valence-corrected chi connectivity index (χ3v) is 1.91. The smallest absolute Gasteiger partial charge is 0.404 e. The standard InChI is InChI=1S/C7H13IN2O4/c8-5-6(11)9-1-3-14-4-2-10-7(12)13/h10H,1-5H2,(H,9,11)(H,12,13). The molecule has 0 saturated carbocycles. The molecule has 0 spiro atoms. The van der Waals surface area contributed by atoms with Gasteiger partial charge in [-0.3, -0.25) is 4.79 Å². The molecule has 7 heteroatoms. The van der Waals surface area contributed by atoms with Crippen LogP contribution in [0, 0.1) is 0 Å². The van der Waals surface area contributed by atoms with Gasteiger partial charge in [-0.2, -0.15) is 0 Å². The first-order chi connectivity index (χ1) is 6.66. The van der Waals surface area contributed by atoms with Gasteiger partial charge in [0.25, 0.3) is 0 Å². The van der Waals surface area contributed by atoms with Gasteiger partial charge in [-0.25, -0.2) is 4.79 Å². The van der Waals surface area contributed by atoms with Gasteiger partial charge in [0.2, 0.25) is 5.91 Å². The predicted octanol–water partition coefficient (Wildman–Crippen LogP) is -0.178. The number of halogens is 1. The van der Waals surface area contributed by atoms with E-state index in [4.69, 9.17) is 9.84 Å². The van der Waals surface area contributed by atoms with Gasteiger partial charge in [0.15, 0.2) is 0 Å². The summed E-state index contributed by atoms with van der Waals surface area (Å²) in [7, 11) is 0. The summed E-state index contributed by atoms with van der Waals surface area (Å²) in [6.07, 6.45) is -1.06. The van der Waals surface area contributed by atoms with Gasteiger partial charge in [0.1, 0.15) is 0 Å². The quantitative estimate of drug-likeness (QED) is 0.345. The first-order valence-corrected chi connectivity index (χ1v) is 5.56. The molecule has 0 fully saturated rings. The number of carboxylic acid groups (broad SMARTS) is 1. The zero-order valence-electron chi connectivity index (χ0n) is 7.59. The Morgan fingerprint density at radius 2 is 1.79 bits per heavy atom. The van der Waals surface area contributed by atoms with Crippen molar-refractivity contribution in [3.8, 4) is 0 Å². The summed E-state index contributed by atoms with van der Waals surface area (Å²) in [5.41, 5.74) is 0. The van der Waals surface area contributed by atoms with E-state index in [2.05, 4.69) is 10.6 Å². The topological polar surface area (TPSA) is 87.7 Å². The number of amides is 2. The van der Waals surface area contributed by atoms with E-state index in [-0.39, 0.29) is 12.5 Å². The minimum absolute atomic E-state index is 0.0298. The van der Waals surface area contributed by atoms with Crippen molar-refractivity contribution in [3.63, 3.8) is 0 Å². The monoisotopic (exact) mass is 316 g/mol. The summed E-state index contributed by atoms with van der Waals surface area (Å²) >= 11 is 1.97.